The van der Waals surface area contributed by atoms with Crippen molar-refractivity contribution in [1.82, 2.24) is 0 Å². The highest BCUT2D eigenvalue weighted by molar-refractivity contribution is 9.10. The number of carbonyl (C=O) groups excluding carboxylic acids is 1. The highest BCUT2D eigenvalue weighted by Crippen LogP contribution is 2.25. The summed E-state index contributed by atoms with van der Waals surface area (Å²) in [7, 11) is -3.24. The lowest BCUT2D eigenvalue weighted by molar-refractivity contribution is 0.102. The summed E-state index contributed by atoms with van der Waals surface area (Å²) in [6.07, 6.45) is 1.55. The average Bonchev–Trinajstić information content (AvgIpc) is 2.57. The summed E-state index contributed by atoms with van der Waals surface area (Å²) in [6.45, 7) is 0.491. The summed E-state index contributed by atoms with van der Waals surface area (Å²) in [5.41, 5.74) is 1.77. The maximum Gasteiger partial charge on any atom is 0.255 e. The van der Waals surface area contributed by atoms with Crippen LogP contribution >= 0.6 is 15.9 Å². The van der Waals surface area contributed by atoms with E-state index in [2.05, 4.69) is 21.2 Å². The van der Waals surface area contributed by atoms with Crippen molar-refractivity contribution in [3.63, 3.8) is 0 Å². The monoisotopic (exact) mass is 408 g/mol. The molecule has 0 aromatic heterocycles. The Balaban J connectivity index is 1.77. The molecular weight excluding hydrogens is 392 g/mol. The van der Waals surface area contributed by atoms with Gasteiger partial charge in [0.1, 0.15) is 0 Å². The Kier molecular flexibility index (Phi) is 4.91. The van der Waals surface area contributed by atoms with Gasteiger partial charge in [0.15, 0.2) is 0 Å². The van der Waals surface area contributed by atoms with E-state index in [0.717, 1.165) is 10.9 Å². The molecule has 1 heterocycles. The number of hydrogen-bond acceptors (Lipinski definition) is 3. The van der Waals surface area contributed by atoms with Crippen LogP contribution in [0.4, 0.5) is 11.4 Å². The molecule has 1 aliphatic heterocycles. The molecule has 0 unspecified atom stereocenters. The van der Waals surface area contributed by atoms with Gasteiger partial charge in [-0.1, -0.05) is 12.1 Å². The molecule has 1 fully saturated rings. The Morgan fingerprint density at radius 1 is 1.04 bits per heavy atom. The molecule has 1 aliphatic rings. The van der Waals surface area contributed by atoms with Gasteiger partial charge in [0.05, 0.1) is 17.1 Å². The predicted octanol–water partition coefficient (Wildman–Crippen LogP) is 3.63. The molecule has 1 saturated heterocycles. The van der Waals surface area contributed by atoms with Gasteiger partial charge in [-0.25, -0.2) is 8.42 Å². The van der Waals surface area contributed by atoms with Gasteiger partial charge < -0.3 is 5.32 Å². The summed E-state index contributed by atoms with van der Waals surface area (Å²) in [5.74, 6) is -0.0629. The van der Waals surface area contributed by atoms with Crippen LogP contribution in [0.15, 0.2) is 53.0 Å². The van der Waals surface area contributed by atoms with Gasteiger partial charge >= 0.3 is 0 Å². The molecule has 0 saturated carbocycles. The predicted molar refractivity (Wildman–Crippen MR) is 98.9 cm³/mol. The molecule has 2 aromatic carbocycles. The second-order valence-electron chi connectivity index (χ2n) is 5.58. The standard InChI is InChI=1S/C17H17BrN2O3S/c18-15-5-1-2-6-16(15)19-17(21)13-7-9-14(10-8-13)20-11-3-4-12-24(20,22)23/h1-2,5-10H,3-4,11-12H2,(H,19,21). The van der Waals surface area contributed by atoms with Crippen molar-refractivity contribution >= 4 is 43.2 Å². The minimum atomic E-state index is -3.24. The number of nitrogens with one attached hydrogen (secondary N) is 1. The topological polar surface area (TPSA) is 66.5 Å². The van der Waals surface area contributed by atoms with Crippen LogP contribution < -0.4 is 9.62 Å². The van der Waals surface area contributed by atoms with Gasteiger partial charge in [0.2, 0.25) is 10.0 Å². The number of para-hydroxylation sites is 1. The first-order valence-corrected chi connectivity index (χ1v) is 10.0. The molecule has 0 radical (unpaired) electrons. The van der Waals surface area contributed by atoms with Crippen molar-refractivity contribution in [1.29, 1.82) is 0 Å². The summed E-state index contributed by atoms with van der Waals surface area (Å²) in [4.78, 5) is 12.3. The Hall–Kier alpha value is -1.86. The summed E-state index contributed by atoms with van der Waals surface area (Å²) in [5, 5.41) is 2.82. The van der Waals surface area contributed by atoms with Gasteiger partial charge in [0, 0.05) is 16.6 Å². The van der Waals surface area contributed by atoms with Crippen molar-refractivity contribution in [2.75, 3.05) is 21.9 Å². The van der Waals surface area contributed by atoms with Crippen molar-refractivity contribution < 1.29 is 13.2 Å². The second-order valence-corrected chi connectivity index (χ2v) is 8.44. The van der Waals surface area contributed by atoms with Crippen LogP contribution in [0.3, 0.4) is 0 Å². The lowest BCUT2D eigenvalue weighted by atomic mass is 10.2. The van der Waals surface area contributed by atoms with Gasteiger partial charge in [-0.3, -0.25) is 9.10 Å². The van der Waals surface area contributed by atoms with E-state index in [9.17, 15) is 13.2 Å². The third kappa shape index (κ3) is 3.62. The second kappa shape index (κ2) is 6.94. The quantitative estimate of drug-likeness (QED) is 0.842. The summed E-state index contributed by atoms with van der Waals surface area (Å²) in [6, 6.07) is 14.0. The molecule has 2 aromatic rings. The number of halogens is 1. The molecule has 5 nitrogen and oxygen atoms in total. The number of hydrogen-bond donors (Lipinski definition) is 1. The zero-order valence-electron chi connectivity index (χ0n) is 12.9. The fraction of sp³-hybridized carbons (Fsp3) is 0.235. The van der Waals surface area contributed by atoms with E-state index in [-0.39, 0.29) is 11.7 Å². The average molecular weight is 409 g/mol. The van der Waals surface area contributed by atoms with Crippen LogP contribution in [-0.4, -0.2) is 26.6 Å². The molecule has 7 heteroatoms. The van der Waals surface area contributed by atoms with E-state index < -0.39 is 10.0 Å². The molecule has 1 N–H and O–H groups in total. The zero-order valence-corrected chi connectivity index (χ0v) is 15.3. The fourth-order valence-electron chi connectivity index (χ4n) is 2.61. The third-order valence-electron chi connectivity index (χ3n) is 3.89. The Labute approximate surface area is 149 Å². The maximum atomic E-state index is 12.3. The first-order chi connectivity index (χ1) is 11.5. The normalized spacial score (nSPS) is 16.6. The number of nitrogens with zero attached hydrogens (tertiary/aromatic N) is 1. The van der Waals surface area contributed by atoms with Crippen LogP contribution in [0.5, 0.6) is 0 Å². The van der Waals surface area contributed by atoms with Crippen molar-refractivity contribution in [3.8, 4) is 0 Å². The van der Waals surface area contributed by atoms with Crippen LogP contribution in [0.1, 0.15) is 23.2 Å². The van der Waals surface area contributed by atoms with Crippen molar-refractivity contribution in [2.24, 2.45) is 0 Å². The van der Waals surface area contributed by atoms with E-state index >= 15 is 0 Å². The largest absolute Gasteiger partial charge is 0.321 e. The number of benzene rings is 2. The number of anilines is 2. The van der Waals surface area contributed by atoms with E-state index in [0.29, 0.717) is 29.9 Å². The Bertz CT molecular complexity index is 850. The lowest BCUT2D eigenvalue weighted by Crippen LogP contribution is -2.37. The fourth-order valence-corrected chi connectivity index (χ4v) is 4.64. The number of rotatable bonds is 3. The van der Waals surface area contributed by atoms with Crippen LogP contribution in [0.2, 0.25) is 0 Å². The highest BCUT2D eigenvalue weighted by atomic mass is 79.9. The van der Waals surface area contributed by atoms with E-state index in [4.69, 9.17) is 0 Å². The van der Waals surface area contributed by atoms with Crippen molar-refractivity contribution in [3.05, 3.63) is 58.6 Å². The third-order valence-corrected chi connectivity index (χ3v) is 6.45. The van der Waals surface area contributed by atoms with Gasteiger partial charge in [-0.2, -0.15) is 0 Å². The minimum Gasteiger partial charge on any atom is -0.321 e. The molecule has 0 aliphatic carbocycles. The molecule has 1 amide bonds. The molecule has 0 spiro atoms. The first-order valence-electron chi connectivity index (χ1n) is 7.64. The number of carbonyl (C=O) groups is 1. The molecule has 126 valence electrons. The van der Waals surface area contributed by atoms with E-state index in [1.54, 1.807) is 30.3 Å². The van der Waals surface area contributed by atoms with Gasteiger partial charge in [0.25, 0.3) is 5.91 Å². The summed E-state index contributed by atoms with van der Waals surface area (Å²) >= 11 is 3.39. The van der Waals surface area contributed by atoms with E-state index in [1.165, 1.54) is 4.31 Å². The SMILES string of the molecule is O=C(Nc1ccccc1Br)c1ccc(N2CCCCS2(=O)=O)cc1. The molecule has 24 heavy (non-hydrogen) atoms. The molecule has 0 bridgehead atoms. The van der Waals surface area contributed by atoms with Gasteiger partial charge in [-0.05, 0) is 65.2 Å². The van der Waals surface area contributed by atoms with Crippen molar-refractivity contribution in [2.45, 2.75) is 12.8 Å². The van der Waals surface area contributed by atoms with E-state index in [1.807, 2.05) is 18.2 Å². The molecular formula is C17H17BrN2O3S. The minimum absolute atomic E-state index is 0.178. The molecule has 3 rings (SSSR count). The van der Waals surface area contributed by atoms with Gasteiger partial charge in [-0.15, -0.1) is 0 Å². The van der Waals surface area contributed by atoms with Crippen LogP contribution in [0, 0.1) is 0 Å². The smallest absolute Gasteiger partial charge is 0.255 e. The number of sulfonamides is 1. The Morgan fingerprint density at radius 2 is 1.75 bits per heavy atom. The molecule has 0 atom stereocenters. The van der Waals surface area contributed by atoms with Crippen LogP contribution in [-0.2, 0) is 10.0 Å². The maximum absolute atomic E-state index is 12.3. The zero-order chi connectivity index (χ0) is 17.2. The number of amides is 1. The lowest BCUT2D eigenvalue weighted by Gasteiger charge is -2.28. The van der Waals surface area contributed by atoms with Crippen LogP contribution in [0.25, 0.3) is 0 Å². The first kappa shape index (κ1) is 17.0. The summed E-state index contributed by atoms with van der Waals surface area (Å²) < 4.78 is 26.5. The Morgan fingerprint density at radius 3 is 2.42 bits per heavy atom. The highest BCUT2D eigenvalue weighted by Gasteiger charge is 2.26.